The van der Waals surface area contributed by atoms with E-state index in [2.05, 4.69) is 11.8 Å². The number of hydrogen-bond donors (Lipinski definition) is 6. The molecule has 3 aliphatic rings. The molecular formula is C28H31NO9. The summed E-state index contributed by atoms with van der Waals surface area (Å²) < 4.78 is 17.4. The minimum Gasteiger partial charge on any atom is -0.506 e. The number of phenols is 1. The average Bonchev–Trinajstić information content (AvgIpc) is 2.87. The first-order valence-electron chi connectivity index (χ1n) is 12.4. The van der Waals surface area contributed by atoms with Crippen LogP contribution in [0.5, 0.6) is 17.2 Å². The van der Waals surface area contributed by atoms with Crippen LogP contribution in [0.2, 0.25) is 0 Å². The Morgan fingerprint density at radius 1 is 1.13 bits per heavy atom. The zero-order valence-electron chi connectivity index (χ0n) is 21.0. The molecule has 38 heavy (non-hydrogen) atoms. The second-order valence-electron chi connectivity index (χ2n) is 10.2. The fourth-order valence-corrected chi connectivity index (χ4v) is 5.62. The van der Waals surface area contributed by atoms with Gasteiger partial charge in [-0.15, -0.1) is 5.92 Å². The summed E-state index contributed by atoms with van der Waals surface area (Å²) in [5.41, 5.74) is 4.88. The van der Waals surface area contributed by atoms with Crippen LogP contribution in [0.4, 0.5) is 0 Å². The molecule has 10 heteroatoms. The Bertz CT molecular complexity index is 1360. The van der Waals surface area contributed by atoms with Crippen molar-refractivity contribution in [3.8, 4) is 29.1 Å². The number of fused-ring (bicyclic) bond motifs is 5. The van der Waals surface area contributed by atoms with Crippen LogP contribution in [0, 0.1) is 24.7 Å². The molecule has 8 atom stereocenters. The summed E-state index contributed by atoms with van der Waals surface area (Å²) >= 11 is 0. The van der Waals surface area contributed by atoms with Crippen LogP contribution in [0.1, 0.15) is 35.2 Å². The molecule has 1 fully saturated rings. The van der Waals surface area contributed by atoms with Gasteiger partial charge in [-0.1, -0.05) is 24.1 Å². The molecule has 202 valence electrons. The highest BCUT2D eigenvalue weighted by Gasteiger charge is 2.56. The lowest BCUT2D eigenvalue weighted by Crippen LogP contribution is -2.67. The van der Waals surface area contributed by atoms with Gasteiger partial charge in [0.05, 0.1) is 24.5 Å². The van der Waals surface area contributed by atoms with Crippen molar-refractivity contribution < 1.29 is 44.5 Å². The monoisotopic (exact) mass is 525 g/mol. The number of carbonyl (C=O) groups is 1. The number of aryl methyl sites for hydroxylation is 1. The maximum atomic E-state index is 13.1. The molecule has 0 radical (unpaired) electrons. The number of rotatable bonds is 1. The Labute approximate surface area is 219 Å². The summed E-state index contributed by atoms with van der Waals surface area (Å²) in [5.74, 6) is 4.76. The van der Waals surface area contributed by atoms with Crippen LogP contribution in [-0.4, -0.2) is 80.8 Å². The molecule has 4 bridgehead atoms. The van der Waals surface area contributed by atoms with Crippen LogP contribution in [0.25, 0.3) is 10.8 Å². The van der Waals surface area contributed by atoms with Gasteiger partial charge in [0.15, 0.2) is 5.78 Å². The Morgan fingerprint density at radius 3 is 2.63 bits per heavy atom. The number of carbonyl (C=O) groups excluding carboxylic acids is 1. The van der Waals surface area contributed by atoms with Crippen molar-refractivity contribution in [2.75, 3.05) is 7.11 Å². The molecule has 2 aromatic carbocycles. The average molecular weight is 526 g/mol. The van der Waals surface area contributed by atoms with Crippen molar-refractivity contribution in [2.45, 2.75) is 68.5 Å². The standard InChI is InChI=1S/C28H31NO9/c1-13-9-14-10-17(36-2)12-19-21(14)22(31)20(13)18(30)6-4-3-5-15-11-16(29)7-8-28(15,35)26-24(33)23(32)25(34)27(37-19)38-26/h7-10,12,15-16,23-27,31-35H,5-6,11,29H2,1-2H3/t15-,16+,23-,24-,25+,26+,27-,28-/m0/s1. The van der Waals surface area contributed by atoms with Crippen LogP contribution in [0.3, 0.4) is 0 Å². The van der Waals surface area contributed by atoms with E-state index in [1.807, 2.05) is 0 Å². The maximum absolute atomic E-state index is 13.1. The van der Waals surface area contributed by atoms with Crippen LogP contribution >= 0.6 is 0 Å². The Kier molecular flexibility index (Phi) is 6.86. The van der Waals surface area contributed by atoms with Gasteiger partial charge in [-0.25, -0.2) is 0 Å². The van der Waals surface area contributed by atoms with E-state index in [0.29, 0.717) is 23.1 Å². The molecule has 1 saturated heterocycles. The van der Waals surface area contributed by atoms with E-state index < -0.39 is 48.0 Å². The largest absolute Gasteiger partial charge is 0.506 e. The molecule has 2 aromatic rings. The third-order valence-corrected chi connectivity index (χ3v) is 7.67. The van der Waals surface area contributed by atoms with Gasteiger partial charge >= 0.3 is 0 Å². The summed E-state index contributed by atoms with van der Waals surface area (Å²) in [6.07, 6.45) is -4.88. The maximum Gasteiger partial charge on any atom is 0.229 e. The fourth-order valence-electron chi connectivity index (χ4n) is 5.62. The predicted molar refractivity (Wildman–Crippen MR) is 136 cm³/mol. The first-order valence-corrected chi connectivity index (χ1v) is 12.4. The number of hydrogen-bond acceptors (Lipinski definition) is 10. The number of ketones is 1. The molecule has 2 aliphatic heterocycles. The lowest BCUT2D eigenvalue weighted by Gasteiger charge is -2.49. The van der Waals surface area contributed by atoms with E-state index in [9.17, 15) is 30.3 Å². The van der Waals surface area contributed by atoms with Crippen molar-refractivity contribution in [2.24, 2.45) is 11.7 Å². The highest BCUT2D eigenvalue weighted by molar-refractivity contribution is 6.08. The summed E-state index contributed by atoms with van der Waals surface area (Å²) in [7, 11) is 1.45. The lowest BCUT2D eigenvalue weighted by molar-refractivity contribution is -0.304. The van der Waals surface area contributed by atoms with Crippen molar-refractivity contribution in [3.63, 3.8) is 0 Å². The van der Waals surface area contributed by atoms with Crippen molar-refractivity contribution in [1.82, 2.24) is 0 Å². The summed E-state index contributed by atoms with van der Waals surface area (Å²) in [6.45, 7) is 1.69. The number of phenolic OH excluding ortho intramolecular Hbond substituents is 1. The quantitative estimate of drug-likeness (QED) is 0.229. The predicted octanol–water partition coefficient (Wildman–Crippen LogP) is 0.663. The van der Waals surface area contributed by atoms with Gasteiger partial charge in [-0.3, -0.25) is 4.79 Å². The molecule has 0 spiro atoms. The zero-order valence-corrected chi connectivity index (χ0v) is 21.0. The smallest absolute Gasteiger partial charge is 0.229 e. The molecule has 0 unspecified atom stereocenters. The van der Waals surface area contributed by atoms with E-state index in [0.717, 1.165) is 0 Å². The number of aromatic hydroxyl groups is 1. The third-order valence-electron chi connectivity index (χ3n) is 7.67. The first-order chi connectivity index (χ1) is 18.0. The van der Waals surface area contributed by atoms with Crippen LogP contribution in [0.15, 0.2) is 30.4 Å². The number of aliphatic hydroxyl groups is 4. The Balaban J connectivity index is 1.71. The molecule has 2 heterocycles. The third kappa shape index (κ3) is 4.31. The first kappa shape index (κ1) is 26.4. The zero-order chi connectivity index (χ0) is 27.4. The molecule has 0 aromatic heterocycles. The van der Waals surface area contributed by atoms with Gasteiger partial charge in [0.25, 0.3) is 0 Å². The summed E-state index contributed by atoms with van der Waals surface area (Å²) in [6, 6.07) is 4.41. The molecule has 1 aliphatic carbocycles. The SMILES string of the molecule is COc1cc2c3c(O)c(c(C)cc3c1)C(=O)CC#CC[C@H]1C[C@H](N)C=C[C@@]1(O)[C@@H]1O[C@H](O2)[C@H](O)[C@@H](O)[C@@H]1O. The number of Topliss-reactive ketones (excluding diaryl/α,β-unsaturated/α-hetero) is 1. The topological polar surface area (TPSA) is 172 Å². The summed E-state index contributed by atoms with van der Waals surface area (Å²) in [5, 5.41) is 56.1. The van der Waals surface area contributed by atoms with Gasteiger partial charge in [-0.2, -0.15) is 0 Å². The number of aliphatic hydroxyl groups excluding tert-OH is 3. The molecule has 7 N–H and O–H groups in total. The molecular weight excluding hydrogens is 494 g/mol. The fraction of sp³-hybridized carbons (Fsp3) is 0.464. The highest BCUT2D eigenvalue weighted by Crippen LogP contribution is 2.44. The van der Waals surface area contributed by atoms with Crippen molar-refractivity contribution in [3.05, 3.63) is 41.5 Å². The second-order valence-corrected chi connectivity index (χ2v) is 10.2. The van der Waals surface area contributed by atoms with Crippen molar-refractivity contribution >= 4 is 16.6 Å². The van der Waals surface area contributed by atoms with Crippen molar-refractivity contribution in [1.29, 1.82) is 0 Å². The number of methoxy groups -OCH3 is 1. The second kappa shape index (κ2) is 9.85. The van der Waals surface area contributed by atoms with Gasteiger partial charge in [0.1, 0.15) is 47.3 Å². The van der Waals surface area contributed by atoms with Gasteiger partial charge < -0.3 is 45.5 Å². The minimum absolute atomic E-state index is 0.00277. The van der Waals surface area contributed by atoms with E-state index in [-0.39, 0.29) is 41.3 Å². The van der Waals surface area contributed by atoms with Gasteiger partial charge in [0.2, 0.25) is 6.29 Å². The highest BCUT2D eigenvalue weighted by atomic mass is 16.7. The Morgan fingerprint density at radius 2 is 1.89 bits per heavy atom. The number of nitrogens with two attached hydrogens (primary N) is 1. The molecule has 5 rings (SSSR count). The molecule has 10 nitrogen and oxygen atoms in total. The van der Waals surface area contributed by atoms with Crippen LogP contribution < -0.4 is 15.2 Å². The van der Waals surface area contributed by atoms with Gasteiger partial charge in [-0.05, 0) is 30.4 Å². The summed E-state index contributed by atoms with van der Waals surface area (Å²) in [4.78, 5) is 13.1. The van der Waals surface area contributed by atoms with E-state index >= 15 is 0 Å². The van der Waals surface area contributed by atoms with E-state index in [1.165, 1.54) is 19.3 Å². The molecule has 0 amide bonds. The van der Waals surface area contributed by atoms with Gasteiger partial charge in [0, 0.05) is 24.4 Å². The van der Waals surface area contributed by atoms with Crippen LogP contribution in [-0.2, 0) is 4.74 Å². The lowest BCUT2D eigenvalue weighted by atomic mass is 9.70. The minimum atomic E-state index is -1.82. The number of ether oxygens (including phenoxy) is 3. The molecule has 0 saturated carbocycles. The Hall–Kier alpha value is -3.17. The van der Waals surface area contributed by atoms with E-state index in [4.69, 9.17) is 19.9 Å². The number of benzene rings is 2. The van der Waals surface area contributed by atoms with E-state index in [1.54, 1.807) is 25.1 Å². The normalized spacial score (nSPS) is 34.9.